The lowest BCUT2D eigenvalue weighted by Gasteiger charge is -2.40. The van der Waals surface area contributed by atoms with E-state index in [1.165, 1.54) is 0 Å². The monoisotopic (exact) mass is 270 g/mol. The van der Waals surface area contributed by atoms with E-state index in [0.29, 0.717) is 58.7 Å². The van der Waals surface area contributed by atoms with Gasteiger partial charge in [0.2, 0.25) is 0 Å². The Morgan fingerprint density at radius 2 is 1.63 bits per heavy atom. The summed E-state index contributed by atoms with van der Waals surface area (Å²) in [5, 5.41) is 9.33. The number of piperidine rings is 1. The van der Waals surface area contributed by atoms with Gasteiger partial charge in [0.25, 0.3) is 0 Å². The SMILES string of the molecule is CCC1(C(=O)O)CCN(C(=O)N2CCOCC2)CC1. The van der Waals surface area contributed by atoms with Crippen LogP contribution in [0, 0.1) is 5.41 Å². The molecule has 2 amide bonds. The van der Waals surface area contributed by atoms with Crippen molar-refractivity contribution >= 4 is 12.0 Å². The molecular formula is C13H22N2O4. The van der Waals surface area contributed by atoms with Gasteiger partial charge in [-0.25, -0.2) is 4.79 Å². The zero-order valence-electron chi connectivity index (χ0n) is 11.4. The summed E-state index contributed by atoms with van der Waals surface area (Å²) in [6.07, 6.45) is 1.73. The molecule has 2 saturated heterocycles. The second-order valence-corrected chi connectivity index (χ2v) is 5.31. The van der Waals surface area contributed by atoms with Gasteiger partial charge in [0.05, 0.1) is 18.6 Å². The van der Waals surface area contributed by atoms with Gasteiger partial charge in [0.1, 0.15) is 0 Å². The van der Waals surface area contributed by atoms with Gasteiger partial charge in [-0.1, -0.05) is 6.92 Å². The van der Waals surface area contributed by atoms with Gasteiger partial charge in [0.15, 0.2) is 0 Å². The Labute approximate surface area is 113 Å². The highest BCUT2D eigenvalue weighted by atomic mass is 16.5. The molecule has 108 valence electrons. The number of hydrogen-bond acceptors (Lipinski definition) is 3. The van der Waals surface area contributed by atoms with Crippen LogP contribution in [0.3, 0.4) is 0 Å². The average Bonchev–Trinajstić information content (AvgIpc) is 2.47. The Hall–Kier alpha value is -1.30. The van der Waals surface area contributed by atoms with Gasteiger partial charge < -0.3 is 19.6 Å². The minimum atomic E-state index is -0.728. The molecule has 2 aliphatic heterocycles. The Balaban J connectivity index is 1.92. The predicted octanol–water partition coefficient (Wildman–Crippen LogP) is 1.02. The molecule has 0 unspecified atom stereocenters. The van der Waals surface area contributed by atoms with Crippen molar-refractivity contribution in [2.75, 3.05) is 39.4 Å². The molecule has 2 fully saturated rings. The molecule has 0 atom stereocenters. The molecule has 0 saturated carbocycles. The summed E-state index contributed by atoms with van der Waals surface area (Å²) in [5.41, 5.74) is -0.637. The number of urea groups is 1. The van der Waals surface area contributed by atoms with Crippen molar-refractivity contribution in [1.29, 1.82) is 0 Å². The maximum absolute atomic E-state index is 12.3. The number of nitrogens with zero attached hydrogens (tertiary/aromatic N) is 2. The lowest BCUT2D eigenvalue weighted by atomic mass is 9.76. The van der Waals surface area contributed by atoms with Gasteiger partial charge >= 0.3 is 12.0 Å². The molecule has 0 spiro atoms. The number of hydrogen-bond donors (Lipinski definition) is 1. The lowest BCUT2D eigenvalue weighted by Crippen LogP contribution is -2.53. The minimum Gasteiger partial charge on any atom is -0.481 e. The molecule has 19 heavy (non-hydrogen) atoms. The first-order valence-corrected chi connectivity index (χ1v) is 6.94. The van der Waals surface area contributed by atoms with Crippen LogP contribution < -0.4 is 0 Å². The smallest absolute Gasteiger partial charge is 0.320 e. The second kappa shape index (κ2) is 5.77. The summed E-state index contributed by atoms with van der Waals surface area (Å²) >= 11 is 0. The molecule has 6 heteroatoms. The second-order valence-electron chi connectivity index (χ2n) is 5.31. The highest BCUT2D eigenvalue weighted by Crippen LogP contribution is 2.35. The van der Waals surface area contributed by atoms with Crippen LogP contribution in [0.2, 0.25) is 0 Å². The van der Waals surface area contributed by atoms with E-state index < -0.39 is 11.4 Å². The van der Waals surface area contributed by atoms with Crippen LogP contribution in [0.25, 0.3) is 0 Å². The molecule has 2 aliphatic rings. The summed E-state index contributed by atoms with van der Waals surface area (Å²) in [7, 11) is 0. The van der Waals surface area contributed by atoms with E-state index in [-0.39, 0.29) is 6.03 Å². The minimum absolute atomic E-state index is 0.0263. The summed E-state index contributed by atoms with van der Waals surface area (Å²) in [4.78, 5) is 27.2. The highest BCUT2D eigenvalue weighted by molar-refractivity contribution is 5.77. The number of aliphatic carboxylic acids is 1. The fraction of sp³-hybridized carbons (Fsp3) is 0.846. The van der Waals surface area contributed by atoms with Gasteiger partial charge in [-0.15, -0.1) is 0 Å². The number of amides is 2. The van der Waals surface area contributed by atoms with Crippen LogP contribution in [0.1, 0.15) is 26.2 Å². The number of rotatable bonds is 2. The quantitative estimate of drug-likeness (QED) is 0.813. The number of ether oxygens (including phenoxy) is 1. The number of carbonyl (C=O) groups is 2. The van der Waals surface area contributed by atoms with Gasteiger partial charge in [-0.05, 0) is 19.3 Å². The normalized spacial score (nSPS) is 23.2. The third-order valence-corrected chi connectivity index (χ3v) is 4.40. The summed E-state index contributed by atoms with van der Waals surface area (Å²) < 4.78 is 5.23. The van der Waals surface area contributed by atoms with E-state index in [1.54, 1.807) is 9.80 Å². The van der Waals surface area contributed by atoms with Gasteiger partial charge in [-0.2, -0.15) is 0 Å². The topological polar surface area (TPSA) is 70.1 Å². The van der Waals surface area contributed by atoms with Crippen LogP contribution >= 0.6 is 0 Å². The molecule has 0 bridgehead atoms. The van der Waals surface area contributed by atoms with Crippen molar-refractivity contribution < 1.29 is 19.4 Å². The Morgan fingerprint density at radius 1 is 1.11 bits per heavy atom. The van der Waals surface area contributed by atoms with Crippen molar-refractivity contribution in [2.24, 2.45) is 5.41 Å². The van der Waals surface area contributed by atoms with Crippen LogP contribution in [-0.4, -0.2) is 66.3 Å². The highest BCUT2D eigenvalue weighted by Gasteiger charge is 2.41. The van der Waals surface area contributed by atoms with Crippen LogP contribution in [0.5, 0.6) is 0 Å². The zero-order chi connectivity index (χ0) is 13.9. The van der Waals surface area contributed by atoms with E-state index in [2.05, 4.69) is 0 Å². The molecule has 0 aliphatic carbocycles. The Morgan fingerprint density at radius 3 is 2.11 bits per heavy atom. The van der Waals surface area contributed by atoms with Crippen LogP contribution in [-0.2, 0) is 9.53 Å². The van der Waals surface area contributed by atoms with Crippen molar-refractivity contribution in [2.45, 2.75) is 26.2 Å². The summed E-state index contributed by atoms with van der Waals surface area (Å²) in [6, 6.07) is 0.0263. The fourth-order valence-electron chi connectivity index (χ4n) is 2.80. The maximum Gasteiger partial charge on any atom is 0.320 e. The molecule has 2 rings (SSSR count). The molecule has 0 aromatic carbocycles. The van der Waals surface area contributed by atoms with E-state index in [1.807, 2.05) is 6.92 Å². The van der Waals surface area contributed by atoms with Gasteiger partial charge in [-0.3, -0.25) is 4.79 Å². The molecule has 6 nitrogen and oxygen atoms in total. The number of carboxylic acids is 1. The summed E-state index contributed by atoms with van der Waals surface area (Å²) in [5.74, 6) is -0.728. The molecule has 2 heterocycles. The molecule has 0 aromatic rings. The standard InChI is InChI=1S/C13H22N2O4/c1-2-13(11(16)17)3-5-14(6-4-13)12(18)15-7-9-19-10-8-15/h2-10H2,1H3,(H,16,17). The first-order chi connectivity index (χ1) is 9.09. The Bertz CT molecular complexity index is 345. The third-order valence-electron chi connectivity index (χ3n) is 4.40. The van der Waals surface area contributed by atoms with Crippen LogP contribution in [0.4, 0.5) is 4.79 Å². The molecular weight excluding hydrogens is 248 g/mol. The maximum atomic E-state index is 12.3. The van der Waals surface area contributed by atoms with E-state index >= 15 is 0 Å². The van der Waals surface area contributed by atoms with E-state index in [4.69, 9.17) is 4.74 Å². The third kappa shape index (κ3) is 2.83. The number of carboxylic acid groups (broad SMARTS) is 1. The summed E-state index contributed by atoms with van der Waals surface area (Å²) in [6.45, 7) is 5.43. The van der Waals surface area contributed by atoms with Crippen molar-refractivity contribution in [1.82, 2.24) is 9.80 Å². The van der Waals surface area contributed by atoms with Gasteiger partial charge in [0, 0.05) is 26.2 Å². The van der Waals surface area contributed by atoms with Crippen molar-refractivity contribution in [3.63, 3.8) is 0 Å². The zero-order valence-corrected chi connectivity index (χ0v) is 11.4. The van der Waals surface area contributed by atoms with E-state index in [0.717, 1.165) is 0 Å². The lowest BCUT2D eigenvalue weighted by molar-refractivity contribution is -0.152. The first-order valence-electron chi connectivity index (χ1n) is 6.94. The fourth-order valence-corrected chi connectivity index (χ4v) is 2.80. The van der Waals surface area contributed by atoms with Crippen molar-refractivity contribution in [3.05, 3.63) is 0 Å². The molecule has 1 N–H and O–H groups in total. The number of carbonyl (C=O) groups excluding carboxylic acids is 1. The molecule has 0 radical (unpaired) electrons. The predicted molar refractivity (Wildman–Crippen MR) is 69.0 cm³/mol. The average molecular weight is 270 g/mol. The first kappa shape index (κ1) is 14.1. The number of morpholine rings is 1. The Kier molecular flexibility index (Phi) is 4.29. The van der Waals surface area contributed by atoms with Crippen LogP contribution in [0.15, 0.2) is 0 Å². The molecule has 0 aromatic heterocycles. The number of likely N-dealkylation sites (tertiary alicyclic amines) is 1. The van der Waals surface area contributed by atoms with E-state index in [9.17, 15) is 14.7 Å². The van der Waals surface area contributed by atoms with Crippen molar-refractivity contribution in [3.8, 4) is 0 Å². The largest absolute Gasteiger partial charge is 0.481 e.